The summed E-state index contributed by atoms with van der Waals surface area (Å²) < 4.78 is 0. The second-order valence-electron chi connectivity index (χ2n) is 8.71. The van der Waals surface area contributed by atoms with E-state index in [0.29, 0.717) is 29.9 Å². The van der Waals surface area contributed by atoms with Gasteiger partial charge < -0.3 is 10.3 Å². The van der Waals surface area contributed by atoms with Crippen molar-refractivity contribution in [1.82, 2.24) is 0 Å². The molecule has 4 aliphatic rings. The lowest BCUT2D eigenvalue weighted by Crippen LogP contribution is -2.53. The number of aliphatic hydroxyl groups excluding tert-OH is 1. The first-order chi connectivity index (χ1) is 10.9. The number of carbonyl (C=O) groups excluding carboxylic acids is 1. The Morgan fingerprint density at radius 1 is 1.17 bits per heavy atom. The van der Waals surface area contributed by atoms with Gasteiger partial charge in [-0.2, -0.15) is 0 Å². The van der Waals surface area contributed by atoms with Crippen LogP contribution in [0.15, 0.2) is 16.8 Å². The summed E-state index contributed by atoms with van der Waals surface area (Å²) in [6, 6.07) is 0. The van der Waals surface area contributed by atoms with Crippen molar-refractivity contribution in [1.29, 1.82) is 0 Å². The molecule has 0 heterocycles. The molecular weight excluding hydrogens is 290 g/mol. The highest BCUT2D eigenvalue weighted by Crippen LogP contribution is 2.64. The normalized spacial score (nSPS) is 51.0. The van der Waals surface area contributed by atoms with E-state index in [2.05, 4.69) is 19.0 Å². The lowest BCUT2D eigenvalue weighted by atomic mass is 9.47. The van der Waals surface area contributed by atoms with Crippen molar-refractivity contribution in [2.75, 3.05) is 0 Å². The molecule has 3 fully saturated rings. The smallest absolute Gasteiger partial charge is 0.156 e. The van der Waals surface area contributed by atoms with E-state index in [0.717, 1.165) is 44.1 Å². The SMILES string of the molecule is C[C@]12CC[C@H]3[C@@H](C/C(=N/O)C4=CC(=O)CC[C@@]43C)[C@@H]1CC[C@@H]2O. The van der Waals surface area contributed by atoms with Gasteiger partial charge in [0.05, 0.1) is 11.8 Å². The Bertz CT molecular complexity index is 610. The third-order valence-electron chi connectivity index (χ3n) is 7.88. The number of hydrogen-bond donors (Lipinski definition) is 2. The van der Waals surface area contributed by atoms with Gasteiger partial charge in [0, 0.05) is 6.42 Å². The van der Waals surface area contributed by atoms with Gasteiger partial charge in [-0.05, 0) is 78.8 Å². The molecule has 0 aliphatic heterocycles. The Kier molecular flexibility index (Phi) is 3.29. The maximum Gasteiger partial charge on any atom is 0.156 e. The minimum absolute atomic E-state index is 0.0177. The van der Waals surface area contributed by atoms with Gasteiger partial charge in [-0.25, -0.2) is 0 Å². The molecule has 0 radical (unpaired) electrons. The summed E-state index contributed by atoms with van der Waals surface area (Å²) in [6.45, 7) is 4.51. The second-order valence-corrected chi connectivity index (χ2v) is 8.71. The summed E-state index contributed by atoms with van der Waals surface area (Å²) in [6.07, 6.45) is 7.92. The average Bonchev–Trinajstić information content (AvgIpc) is 2.83. The fourth-order valence-corrected chi connectivity index (χ4v) is 6.48. The maximum atomic E-state index is 11.9. The Hall–Kier alpha value is -1.16. The third-order valence-corrected chi connectivity index (χ3v) is 7.88. The number of oxime groups is 1. The van der Waals surface area contributed by atoms with Crippen molar-refractivity contribution < 1.29 is 15.1 Å². The summed E-state index contributed by atoms with van der Waals surface area (Å²) >= 11 is 0. The van der Waals surface area contributed by atoms with Crippen molar-refractivity contribution in [3.63, 3.8) is 0 Å². The Morgan fingerprint density at radius 2 is 1.96 bits per heavy atom. The fourth-order valence-electron chi connectivity index (χ4n) is 6.48. The molecule has 0 aromatic carbocycles. The molecule has 6 atom stereocenters. The van der Waals surface area contributed by atoms with Crippen LogP contribution in [0, 0.1) is 28.6 Å². The molecule has 0 aromatic heterocycles. The molecule has 2 N–H and O–H groups in total. The number of rotatable bonds is 0. The summed E-state index contributed by atoms with van der Waals surface area (Å²) in [7, 11) is 0. The Morgan fingerprint density at radius 3 is 2.70 bits per heavy atom. The van der Waals surface area contributed by atoms with Gasteiger partial charge in [-0.1, -0.05) is 19.0 Å². The quantitative estimate of drug-likeness (QED) is 0.532. The Balaban J connectivity index is 1.77. The highest BCUT2D eigenvalue weighted by Gasteiger charge is 2.60. The summed E-state index contributed by atoms with van der Waals surface area (Å²) in [4.78, 5) is 11.9. The molecule has 3 saturated carbocycles. The van der Waals surface area contributed by atoms with Crippen molar-refractivity contribution in [2.45, 2.75) is 64.9 Å². The van der Waals surface area contributed by atoms with Crippen LogP contribution in [0.3, 0.4) is 0 Å². The highest BCUT2D eigenvalue weighted by molar-refractivity contribution is 6.08. The molecule has 0 amide bonds. The van der Waals surface area contributed by atoms with Crippen LogP contribution in [-0.2, 0) is 4.79 Å². The average molecular weight is 317 g/mol. The summed E-state index contributed by atoms with van der Waals surface area (Å²) in [5.74, 6) is 1.67. The molecular formula is C19H27NO3. The predicted molar refractivity (Wildman–Crippen MR) is 87.3 cm³/mol. The van der Waals surface area contributed by atoms with Crippen LogP contribution >= 0.6 is 0 Å². The van der Waals surface area contributed by atoms with Gasteiger partial charge in [0.15, 0.2) is 5.78 Å². The van der Waals surface area contributed by atoms with Crippen LogP contribution in [0.1, 0.15) is 58.8 Å². The molecule has 0 saturated heterocycles. The van der Waals surface area contributed by atoms with Gasteiger partial charge in [0.25, 0.3) is 0 Å². The highest BCUT2D eigenvalue weighted by atomic mass is 16.4. The zero-order valence-electron chi connectivity index (χ0n) is 14.1. The van der Waals surface area contributed by atoms with Crippen molar-refractivity contribution in [2.24, 2.45) is 33.7 Å². The monoisotopic (exact) mass is 317 g/mol. The van der Waals surface area contributed by atoms with E-state index in [1.165, 1.54) is 0 Å². The van der Waals surface area contributed by atoms with Gasteiger partial charge >= 0.3 is 0 Å². The first-order valence-corrected chi connectivity index (χ1v) is 9.04. The first-order valence-electron chi connectivity index (χ1n) is 9.04. The Labute approximate surface area is 137 Å². The van der Waals surface area contributed by atoms with E-state index in [1.54, 1.807) is 6.08 Å². The van der Waals surface area contributed by atoms with Crippen molar-refractivity contribution >= 4 is 11.5 Å². The van der Waals surface area contributed by atoms with E-state index in [-0.39, 0.29) is 22.7 Å². The lowest BCUT2D eigenvalue weighted by molar-refractivity contribution is -0.117. The molecule has 0 bridgehead atoms. The van der Waals surface area contributed by atoms with E-state index in [1.807, 2.05) is 0 Å². The fraction of sp³-hybridized carbons (Fsp3) is 0.789. The molecule has 4 heteroatoms. The molecule has 4 nitrogen and oxygen atoms in total. The molecule has 126 valence electrons. The molecule has 4 aliphatic carbocycles. The van der Waals surface area contributed by atoms with Crippen LogP contribution in [0.5, 0.6) is 0 Å². The second kappa shape index (κ2) is 4.92. The predicted octanol–water partition coefficient (Wildman–Crippen LogP) is 3.32. The lowest BCUT2D eigenvalue weighted by Gasteiger charge is -2.57. The number of hydrogen-bond acceptors (Lipinski definition) is 4. The first kappa shape index (κ1) is 15.4. The zero-order chi connectivity index (χ0) is 16.4. The number of nitrogens with zero attached hydrogens (tertiary/aromatic N) is 1. The number of carbonyl (C=O) groups is 1. The van der Waals surface area contributed by atoms with Crippen LogP contribution in [0.25, 0.3) is 0 Å². The van der Waals surface area contributed by atoms with E-state index < -0.39 is 0 Å². The minimum Gasteiger partial charge on any atom is -0.411 e. The minimum atomic E-state index is -0.194. The van der Waals surface area contributed by atoms with Crippen molar-refractivity contribution in [3.05, 3.63) is 11.6 Å². The zero-order valence-corrected chi connectivity index (χ0v) is 14.1. The van der Waals surface area contributed by atoms with Gasteiger partial charge in [-0.15, -0.1) is 0 Å². The van der Waals surface area contributed by atoms with Gasteiger partial charge in [-0.3, -0.25) is 4.79 Å². The maximum absolute atomic E-state index is 11.9. The van der Waals surface area contributed by atoms with Gasteiger partial charge in [0.1, 0.15) is 0 Å². The number of allylic oxidation sites excluding steroid dienone is 1. The van der Waals surface area contributed by atoms with Crippen molar-refractivity contribution in [3.8, 4) is 0 Å². The van der Waals surface area contributed by atoms with E-state index >= 15 is 0 Å². The van der Waals surface area contributed by atoms with E-state index in [4.69, 9.17) is 0 Å². The molecule has 23 heavy (non-hydrogen) atoms. The van der Waals surface area contributed by atoms with Crippen LogP contribution in [0.4, 0.5) is 0 Å². The van der Waals surface area contributed by atoms with Crippen LogP contribution in [-0.4, -0.2) is 27.9 Å². The van der Waals surface area contributed by atoms with Crippen LogP contribution < -0.4 is 0 Å². The number of ketones is 1. The summed E-state index contributed by atoms with van der Waals surface area (Å²) in [5, 5.41) is 23.6. The standard InChI is InChI=1S/C19H27NO3/c1-18-7-5-11(21)9-15(18)16(20-23)10-12-13-3-4-17(22)19(13,2)8-6-14(12)18/h9,12-14,17,22-23H,3-8,10H2,1-2H3/b20-16-/t12-,13-,14-,17-,18+,19-/m0/s1. The topological polar surface area (TPSA) is 69.9 Å². The summed E-state index contributed by atoms with van der Waals surface area (Å²) in [5.41, 5.74) is 1.67. The number of fused-ring (bicyclic) bond motifs is 5. The molecule has 0 unspecified atom stereocenters. The van der Waals surface area contributed by atoms with Gasteiger partial charge in [0.2, 0.25) is 0 Å². The third kappa shape index (κ3) is 1.93. The molecule has 0 spiro atoms. The van der Waals surface area contributed by atoms with Crippen LogP contribution in [0.2, 0.25) is 0 Å². The largest absolute Gasteiger partial charge is 0.411 e. The number of aliphatic hydroxyl groups is 1. The molecule has 4 rings (SSSR count). The molecule has 0 aromatic rings. The van der Waals surface area contributed by atoms with E-state index in [9.17, 15) is 15.1 Å².